The molecule has 3 N–H and O–H groups in total. The number of aliphatic hydroxyl groups is 3. The monoisotopic (exact) mass is 417 g/mol. The van der Waals surface area contributed by atoms with Gasteiger partial charge in [-0.05, 0) is 18.2 Å². The van der Waals surface area contributed by atoms with Gasteiger partial charge in [-0.15, -0.1) is 0 Å². The minimum atomic E-state index is -0.974. The first-order valence-corrected chi connectivity index (χ1v) is 9.24. The zero-order valence-electron chi connectivity index (χ0n) is 16.5. The maximum atomic E-state index is 12.8. The standard InChI is InChI=1S/C21H23NO8/c1-28-20(26)18-13(8-9-23)17(15-10-14(25)16(11-24)30-15)19(21(27)29-2)22(18)12-6-4-3-5-7-12/h3-9,14-16,23-25H,10-11H2,1-2H3. The number of ether oxygens (including phenoxy) is 3. The van der Waals surface area contributed by atoms with Gasteiger partial charge < -0.3 is 29.5 Å². The summed E-state index contributed by atoms with van der Waals surface area (Å²) in [7, 11) is 2.40. The molecule has 1 aliphatic heterocycles. The second-order valence-electron chi connectivity index (χ2n) is 6.64. The number of esters is 2. The van der Waals surface area contributed by atoms with Gasteiger partial charge in [0.25, 0.3) is 0 Å². The Balaban J connectivity index is 2.39. The fraction of sp³-hybridized carbons (Fsp3) is 0.333. The van der Waals surface area contributed by atoms with Crippen LogP contribution in [0.15, 0.2) is 36.6 Å². The molecule has 3 rings (SSSR count). The van der Waals surface area contributed by atoms with E-state index in [1.807, 2.05) is 0 Å². The Labute approximate surface area is 172 Å². The van der Waals surface area contributed by atoms with E-state index in [2.05, 4.69) is 0 Å². The van der Waals surface area contributed by atoms with Gasteiger partial charge in [0.1, 0.15) is 17.5 Å². The molecule has 1 saturated heterocycles. The van der Waals surface area contributed by atoms with Crippen molar-refractivity contribution >= 4 is 18.0 Å². The topological polar surface area (TPSA) is 127 Å². The first-order chi connectivity index (χ1) is 14.5. The molecule has 1 aromatic heterocycles. The van der Waals surface area contributed by atoms with Crippen molar-refractivity contribution in [3.63, 3.8) is 0 Å². The van der Waals surface area contributed by atoms with E-state index in [4.69, 9.17) is 14.2 Å². The van der Waals surface area contributed by atoms with Crippen molar-refractivity contribution in [2.24, 2.45) is 0 Å². The molecule has 0 bridgehead atoms. The number of hydrogen-bond acceptors (Lipinski definition) is 8. The highest BCUT2D eigenvalue weighted by Crippen LogP contribution is 2.41. The average molecular weight is 417 g/mol. The highest BCUT2D eigenvalue weighted by Gasteiger charge is 2.41. The molecule has 2 aromatic rings. The summed E-state index contributed by atoms with van der Waals surface area (Å²) in [6, 6.07) is 8.62. The fourth-order valence-electron chi connectivity index (χ4n) is 3.69. The lowest BCUT2D eigenvalue weighted by Gasteiger charge is -2.15. The van der Waals surface area contributed by atoms with Gasteiger partial charge in [0.05, 0.1) is 39.3 Å². The number of methoxy groups -OCH3 is 2. The van der Waals surface area contributed by atoms with Gasteiger partial charge in [0, 0.05) is 23.2 Å². The molecular weight excluding hydrogens is 394 g/mol. The molecule has 0 aliphatic carbocycles. The van der Waals surface area contributed by atoms with Crippen LogP contribution in [0.2, 0.25) is 0 Å². The molecule has 1 fully saturated rings. The van der Waals surface area contributed by atoms with Crippen LogP contribution in [0.3, 0.4) is 0 Å². The van der Waals surface area contributed by atoms with Gasteiger partial charge in [-0.25, -0.2) is 9.59 Å². The minimum Gasteiger partial charge on any atom is -0.516 e. The van der Waals surface area contributed by atoms with Gasteiger partial charge >= 0.3 is 11.9 Å². The largest absolute Gasteiger partial charge is 0.516 e. The maximum absolute atomic E-state index is 12.8. The summed E-state index contributed by atoms with van der Waals surface area (Å²) < 4.78 is 17.0. The summed E-state index contributed by atoms with van der Waals surface area (Å²) in [5, 5.41) is 29.2. The Hall–Kier alpha value is -3.14. The molecule has 0 spiro atoms. The quantitative estimate of drug-likeness (QED) is 0.479. The van der Waals surface area contributed by atoms with Crippen LogP contribution in [0, 0.1) is 0 Å². The molecule has 9 heteroatoms. The third-order valence-corrected chi connectivity index (χ3v) is 4.99. The van der Waals surface area contributed by atoms with Gasteiger partial charge in [0.2, 0.25) is 0 Å². The van der Waals surface area contributed by atoms with Crippen molar-refractivity contribution in [3.8, 4) is 5.69 Å². The van der Waals surface area contributed by atoms with Crippen LogP contribution in [-0.2, 0) is 14.2 Å². The van der Waals surface area contributed by atoms with E-state index in [9.17, 15) is 24.9 Å². The number of aromatic nitrogens is 1. The molecule has 0 amide bonds. The number of rotatable bonds is 6. The zero-order chi connectivity index (χ0) is 21.8. The Morgan fingerprint density at radius 1 is 1.17 bits per heavy atom. The van der Waals surface area contributed by atoms with E-state index in [1.54, 1.807) is 30.3 Å². The average Bonchev–Trinajstić information content (AvgIpc) is 3.30. The molecule has 30 heavy (non-hydrogen) atoms. The summed E-state index contributed by atoms with van der Waals surface area (Å²) in [5.74, 6) is -1.50. The molecule has 9 nitrogen and oxygen atoms in total. The van der Waals surface area contributed by atoms with Gasteiger partial charge in [0.15, 0.2) is 0 Å². The number of carbonyl (C=O) groups excluding carboxylic acids is 2. The molecule has 160 valence electrons. The molecule has 0 radical (unpaired) electrons. The van der Waals surface area contributed by atoms with E-state index < -0.39 is 36.9 Å². The lowest BCUT2D eigenvalue weighted by molar-refractivity contribution is -0.0228. The van der Waals surface area contributed by atoms with Crippen LogP contribution < -0.4 is 0 Å². The van der Waals surface area contributed by atoms with Crippen LogP contribution in [-0.4, -0.2) is 64.9 Å². The summed E-state index contributed by atoms with van der Waals surface area (Å²) in [5.41, 5.74) is 0.883. The van der Waals surface area contributed by atoms with Crippen LogP contribution in [0.5, 0.6) is 0 Å². The van der Waals surface area contributed by atoms with Crippen molar-refractivity contribution in [3.05, 3.63) is 59.1 Å². The molecule has 0 saturated carbocycles. The van der Waals surface area contributed by atoms with E-state index in [0.717, 1.165) is 6.26 Å². The van der Waals surface area contributed by atoms with Crippen LogP contribution in [0.1, 0.15) is 44.6 Å². The second kappa shape index (κ2) is 9.12. The number of hydrogen-bond donors (Lipinski definition) is 3. The van der Waals surface area contributed by atoms with Crippen molar-refractivity contribution < 1.29 is 39.1 Å². The highest BCUT2D eigenvalue weighted by molar-refractivity contribution is 6.00. The minimum absolute atomic E-state index is 0.00649. The number of aliphatic hydroxyl groups excluding tert-OH is 3. The lowest BCUT2D eigenvalue weighted by Crippen LogP contribution is -2.24. The van der Waals surface area contributed by atoms with Crippen molar-refractivity contribution in [2.45, 2.75) is 24.7 Å². The van der Waals surface area contributed by atoms with Crippen molar-refractivity contribution in [1.82, 2.24) is 4.57 Å². The molecule has 3 unspecified atom stereocenters. The number of benzene rings is 1. The van der Waals surface area contributed by atoms with Crippen LogP contribution in [0.25, 0.3) is 11.8 Å². The first kappa shape index (κ1) is 21.6. The van der Waals surface area contributed by atoms with Crippen molar-refractivity contribution in [2.75, 3.05) is 20.8 Å². The molecule has 1 aromatic carbocycles. The van der Waals surface area contributed by atoms with Gasteiger partial charge in [-0.2, -0.15) is 0 Å². The number of carbonyl (C=O) groups is 2. The summed E-state index contributed by atoms with van der Waals surface area (Å²) >= 11 is 0. The van der Waals surface area contributed by atoms with Gasteiger partial charge in [-0.3, -0.25) is 4.57 Å². The highest BCUT2D eigenvalue weighted by atomic mass is 16.5. The number of nitrogens with zero attached hydrogens (tertiary/aromatic N) is 1. The normalized spacial score (nSPS) is 21.1. The predicted molar refractivity (Wildman–Crippen MR) is 105 cm³/mol. The van der Waals surface area contributed by atoms with Crippen LogP contribution in [0.4, 0.5) is 0 Å². The Kier molecular flexibility index (Phi) is 6.56. The second-order valence-corrected chi connectivity index (χ2v) is 6.64. The SMILES string of the molecule is COC(=O)c1c(C=CO)c(C2CC(O)C(CO)O2)c(C(=O)OC)n1-c1ccccc1. The maximum Gasteiger partial charge on any atom is 0.355 e. The Bertz CT molecular complexity index is 950. The van der Waals surface area contributed by atoms with E-state index in [-0.39, 0.29) is 28.9 Å². The molecule has 2 heterocycles. The fourth-order valence-corrected chi connectivity index (χ4v) is 3.69. The Morgan fingerprint density at radius 3 is 2.33 bits per heavy atom. The van der Waals surface area contributed by atoms with Crippen molar-refractivity contribution in [1.29, 1.82) is 0 Å². The summed E-state index contributed by atoms with van der Waals surface area (Å²) in [6.07, 6.45) is -0.621. The van der Waals surface area contributed by atoms with E-state index in [1.165, 1.54) is 24.9 Å². The van der Waals surface area contributed by atoms with Gasteiger partial charge in [-0.1, -0.05) is 18.2 Å². The summed E-state index contributed by atoms with van der Waals surface area (Å²) in [4.78, 5) is 25.6. The first-order valence-electron chi connectivity index (χ1n) is 9.24. The molecule has 1 aliphatic rings. The lowest BCUT2D eigenvalue weighted by atomic mass is 9.99. The third kappa shape index (κ3) is 3.70. The predicted octanol–water partition coefficient (Wildman–Crippen LogP) is 1.76. The third-order valence-electron chi connectivity index (χ3n) is 4.99. The number of para-hydroxylation sites is 1. The zero-order valence-corrected chi connectivity index (χ0v) is 16.5. The van der Waals surface area contributed by atoms with E-state index >= 15 is 0 Å². The smallest absolute Gasteiger partial charge is 0.355 e. The molecule has 3 atom stereocenters. The van der Waals surface area contributed by atoms with Crippen LogP contribution >= 0.6 is 0 Å². The van der Waals surface area contributed by atoms with E-state index in [0.29, 0.717) is 5.69 Å². The molecular formula is C21H23NO8. The Morgan fingerprint density at radius 2 is 1.80 bits per heavy atom. The summed E-state index contributed by atoms with van der Waals surface area (Å²) in [6.45, 7) is -0.417.